The van der Waals surface area contributed by atoms with Gasteiger partial charge in [0, 0.05) is 40.9 Å². The van der Waals surface area contributed by atoms with Crippen LogP contribution in [0.3, 0.4) is 0 Å². The summed E-state index contributed by atoms with van der Waals surface area (Å²) in [6.45, 7) is 2.43. The van der Waals surface area contributed by atoms with Crippen molar-refractivity contribution in [3.63, 3.8) is 0 Å². The van der Waals surface area contributed by atoms with E-state index in [0.29, 0.717) is 23.4 Å². The summed E-state index contributed by atoms with van der Waals surface area (Å²) in [7, 11) is 0. The van der Waals surface area contributed by atoms with Gasteiger partial charge < -0.3 is 10.2 Å². The summed E-state index contributed by atoms with van der Waals surface area (Å²) < 4.78 is 0. The zero-order chi connectivity index (χ0) is 23.4. The van der Waals surface area contributed by atoms with Crippen LogP contribution < -0.4 is 10.2 Å². The molecule has 7 nitrogen and oxygen atoms in total. The van der Waals surface area contributed by atoms with Gasteiger partial charge in [0.25, 0.3) is 17.5 Å². The summed E-state index contributed by atoms with van der Waals surface area (Å²) in [5.41, 5.74) is 2.08. The fourth-order valence-electron chi connectivity index (χ4n) is 3.66. The van der Waals surface area contributed by atoms with Crippen molar-refractivity contribution in [3.8, 4) is 0 Å². The normalized spacial score (nSPS) is 10.6. The monoisotopic (exact) mass is 439 g/mol. The van der Waals surface area contributed by atoms with Crippen LogP contribution in [0.25, 0.3) is 10.8 Å². The van der Waals surface area contributed by atoms with Crippen LogP contribution in [-0.4, -0.2) is 23.3 Å². The molecule has 0 aliphatic heterocycles. The number of hydrogen-bond acceptors (Lipinski definition) is 4. The molecule has 4 aromatic rings. The topological polar surface area (TPSA) is 92.6 Å². The SMILES string of the molecule is CCN(C(=O)c1ccc(NC(=O)c2ccc([N+](=O)[O-])cc2)cc1)c1cccc2ccccc12. The average Bonchev–Trinajstić information content (AvgIpc) is 2.85. The molecule has 0 fully saturated rings. The predicted octanol–water partition coefficient (Wildman–Crippen LogP) is 5.67. The van der Waals surface area contributed by atoms with Crippen molar-refractivity contribution in [1.82, 2.24) is 0 Å². The van der Waals surface area contributed by atoms with Gasteiger partial charge in [0.1, 0.15) is 0 Å². The fourth-order valence-corrected chi connectivity index (χ4v) is 3.66. The van der Waals surface area contributed by atoms with Gasteiger partial charge in [-0.1, -0.05) is 36.4 Å². The number of carbonyl (C=O) groups is 2. The van der Waals surface area contributed by atoms with Gasteiger partial charge >= 0.3 is 0 Å². The molecular formula is C26H21N3O4. The number of non-ortho nitro benzene ring substituents is 1. The number of benzene rings is 4. The highest BCUT2D eigenvalue weighted by Crippen LogP contribution is 2.28. The van der Waals surface area contributed by atoms with Crippen molar-refractivity contribution >= 4 is 39.6 Å². The lowest BCUT2D eigenvalue weighted by Gasteiger charge is -2.23. The van der Waals surface area contributed by atoms with Crippen molar-refractivity contribution in [2.45, 2.75) is 6.92 Å². The highest BCUT2D eigenvalue weighted by molar-refractivity contribution is 6.11. The Bertz CT molecular complexity index is 1330. The molecule has 0 heterocycles. The number of nitrogens with zero attached hydrogens (tertiary/aromatic N) is 2. The highest BCUT2D eigenvalue weighted by atomic mass is 16.6. The van der Waals surface area contributed by atoms with Gasteiger partial charge in [-0.3, -0.25) is 19.7 Å². The molecule has 0 unspecified atom stereocenters. The van der Waals surface area contributed by atoms with E-state index in [9.17, 15) is 19.7 Å². The lowest BCUT2D eigenvalue weighted by atomic mass is 10.1. The third-order valence-electron chi connectivity index (χ3n) is 5.35. The molecule has 0 radical (unpaired) electrons. The molecule has 0 aliphatic rings. The minimum absolute atomic E-state index is 0.0823. The van der Waals surface area contributed by atoms with Gasteiger partial charge in [0.15, 0.2) is 0 Å². The van der Waals surface area contributed by atoms with E-state index in [2.05, 4.69) is 5.32 Å². The van der Waals surface area contributed by atoms with Gasteiger partial charge in [-0.05, 0) is 54.8 Å². The minimum Gasteiger partial charge on any atom is -0.322 e. The van der Waals surface area contributed by atoms with E-state index in [1.54, 1.807) is 29.2 Å². The lowest BCUT2D eigenvalue weighted by molar-refractivity contribution is -0.384. The smallest absolute Gasteiger partial charge is 0.269 e. The molecule has 0 saturated carbocycles. The van der Waals surface area contributed by atoms with Crippen LogP contribution in [0.15, 0.2) is 91.0 Å². The van der Waals surface area contributed by atoms with Gasteiger partial charge in [-0.25, -0.2) is 0 Å². The van der Waals surface area contributed by atoms with E-state index in [1.165, 1.54) is 24.3 Å². The summed E-state index contributed by atoms with van der Waals surface area (Å²) >= 11 is 0. The molecule has 33 heavy (non-hydrogen) atoms. The van der Waals surface area contributed by atoms with Crippen LogP contribution in [0.2, 0.25) is 0 Å². The largest absolute Gasteiger partial charge is 0.322 e. The Labute approximate surface area is 190 Å². The number of anilines is 2. The van der Waals surface area contributed by atoms with E-state index < -0.39 is 10.8 Å². The van der Waals surface area contributed by atoms with E-state index in [0.717, 1.165) is 16.5 Å². The Hall–Kier alpha value is -4.52. The predicted molar refractivity (Wildman–Crippen MR) is 129 cm³/mol. The van der Waals surface area contributed by atoms with E-state index in [-0.39, 0.29) is 11.6 Å². The maximum absolute atomic E-state index is 13.2. The number of carbonyl (C=O) groups excluding carboxylic acids is 2. The Kier molecular flexibility index (Phi) is 6.13. The van der Waals surface area contributed by atoms with Crippen molar-refractivity contribution in [2.24, 2.45) is 0 Å². The van der Waals surface area contributed by atoms with E-state index in [1.807, 2.05) is 49.4 Å². The van der Waals surface area contributed by atoms with Crippen molar-refractivity contribution in [2.75, 3.05) is 16.8 Å². The van der Waals surface area contributed by atoms with Gasteiger partial charge in [-0.2, -0.15) is 0 Å². The minimum atomic E-state index is -0.519. The van der Waals surface area contributed by atoms with Crippen LogP contribution in [0.1, 0.15) is 27.6 Å². The van der Waals surface area contributed by atoms with Crippen LogP contribution in [0, 0.1) is 10.1 Å². The second-order valence-electron chi connectivity index (χ2n) is 7.38. The maximum atomic E-state index is 13.2. The zero-order valence-electron chi connectivity index (χ0n) is 17.9. The number of nitro groups is 1. The third kappa shape index (κ3) is 4.57. The quantitative estimate of drug-likeness (QED) is 0.310. The highest BCUT2D eigenvalue weighted by Gasteiger charge is 2.18. The Balaban J connectivity index is 1.51. The summed E-state index contributed by atoms with van der Waals surface area (Å²) in [6.07, 6.45) is 0. The number of amides is 2. The van der Waals surface area contributed by atoms with E-state index in [4.69, 9.17) is 0 Å². The van der Waals surface area contributed by atoms with Crippen molar-refractivity contribution < 1.29 is 14.5 Å². The first kappa shape index (κ1) is 21.7. The molecule has 0 aromatic heterocycles. The second kappa shape index (κ2) is 9.32. The molecule has 164 valence electrons. The first-order chi connectivity index (χ1) is 16.0. The molecule has 0 saturated heterocycles. The number of nitro benzene ring substituents is 1. The van der Waals surface area contributed by atoms with Crippen molar-refractivity contribution in [1.29, 1.82) is 0 Å². The molecule has 0 spiro atoms. The number of nitrogens with one attached hydrogen (secondary N) is 1. The first-order valence-corrected chi connectivity index (χ1v) is 10.4. The van der Waals surface area contributed by atoms with E-state index >= 15 is 0 Å². The molecule has 1 N–H and O–H groups in total. The maximum Gasteiger partial charge on any atom is 0.269 e. The molecular weight excluding hydrogens is 418 g/mol. The number of rotatable bonds is 6. The Morgan fingerprint density at radius 3 is 2.15 bits per heavy atom. The summed E-state index contributed by atoms with van der Waals surface area (Å²) in [4.78, 5) is 37.6. The van der Waals surface area contributed by atoms with Crippen LogP contribution >= 0.6 is 0 Å². The zero-order valence-corrected chi connectivity index (χ0v) is 17.9. The third-order valence-corrected chi connectivity index (χ3v) is 5.35. The lowest BCUT2D eigenvalue weighted by Crippen LogP contribution is -2.30. The fraction of sp³-hybridized carbons (Fsp3) is 0.0769. The molecule has 7 heteroatoms. The Morgan fingerprint density at radius 1 is 0.848 bits per heavy atom. The molecule has 0 atom stereocenters. The average molecular weight is 439 g/mol. The van der Waals surface area contributed by atoms with Crippen molar-refractivity contribution in [3.05, 3.63) is 112 Å². The van der Waals surface area contributed by atoms with Gasteiger partial charge in [0.2, 0.25) is 0 Å². The summed E-state index contributed by atoms with van der Waals surface area (Å²) in [6, 6.07) is 25.8. The summed E-state index contributed by atoms with van der Waals surface area (Å²) in [5, 5.41) is 15.6. The van der Waals surface area contributed by atoms with Crippen LogP contribution in [-0.2, 0) is 0 Å². The standard InChI is InChI=1S/C26H21N3O4/c1-2-28(24-9-5-7-18-6-3-4-8-23(18)24)26(31)20-10-14-21(15-11-20)27-25(30)19-12-16-22(17-13-19)29(32)33/h3-17H,2H2,1H3,(H,27,30). The summed E-state index contributed by atoms with van der Waals surface area (Å²) in [5.74, 6) is -0.531. The Morgan fingerprint density at radius 2 is 1.48 bits per heavy atom. The second-order valence-corrected chi connectivity index (χ2v) is 7.38. The molecule has 0 aliphatic carbocycles. The molecule has 4 aromatic carbocycles. The van der Waals surface area contributed by atoms with Gasteiger partial charge in [-0.15, -0.1) is 0 Å². The molecule has 4 rings (SSSR count). The molecule has 0 bridgehead atoms. The number of hydrogen-bond donors (Lipinski definition) is 1. The first-order valence-electron chi connectivity index (χ1n) is 10.4. The number of fused-ring (bicyclic) bond motifs is 1. The molecule has 2 amide bonds. The van der Waals surface area contributed by atoms with Crippen LogP contribution in [0.5, 0.6) is 0 Å². The van der Waals surface area contributed by atoms with Gasteiger partial charge in [0.05, 0.1) is 10.6 Å². The van der Waals surface area contributed by atoms with Crippen LogP contribution in [0.4, 0.5) is 17.1 Å².